The van der Waals surface area contributed by atoms with Gasteiger partial charge >= 0.3 is 6.09 Å². The summed E-state index contributed by atoms with van der Waals surface area (Å²) in [7, 11) is 0. The number of halogens is 1. The maximum absolute atomic E-state index is 12.5. The van der Waals surface area contributed by atoms with E-state index < -0.39 is 5.60 Å². The highest BCUT2D eigenvalue weighted by Crippen LogP contribution is 2.39. The van der Waals surface area contributed by atoms with Gasteiger partial charge in [0.1, 0.15) is 5.60 Å². The fraction of sp³-hybridized carbons (Fsp3) is 0.526. The monoisotopic (exact) mass is 377 g/mol. The number of alkyl halides is 1. The van der Waals surface area contributed by atoms with Crippen LogP contribution in [0, 0.1) is 0 Å². The van der Waals surface area contributed by atoms with Crippen molar-refractivity contribution >= 4 is 27.6 Å². The molecule has 0 aromatic heterocycles. The molecule has 124 valence electrons. The molecule has 2 atom stereocenters. The van der Waals surface area contributed by atoms with Crippen molar-refractivity contribution in [2.75, 3.05) is 0 Å². The predicted molar refractivity (Wildman–Crippen MR) is 96.6 cm³/mol. The van der Waals surface area contributed by atoms with E-state index in [0.29, 0.717) is 0 Å². The lowest BCUT2D eigenvalue weighted by atomic mass is 9.94. The van der Waals surface area contributed by atoms with Crippen LogP contribution in [0.1, 0.15) is 51.2 Å². The van der Waals surface area contributed by atoms with Gasteiger partial charge < -0.3 is 4.74 Å². The Bertz CT molecular complexity index is 615. The van der Waals surface area contributed by atoms with Crippen molar-refractivity contribution in [1.29, 1.82) is 0 Å². The van der Waals surface area contributed by atoms with Crippen LogP contribution in [0.3, 0.4) is 0 Å². The van der Waals surface area contributed by atoms with Gasteiger partial charge in [-0.1, -0.05) is 46.3 Å². The van der Waals surface area contributed by atoms with E-state index in [9.17, 15) is 4.79 Å². The van der Waals surface area contributed by atoms with E-state index in [2.05, 4.69) is 46.3 Å². The fourth-order valence-electron chi connectivity index (χ4n) is 3.45. The van der Waals surface area contributed by atoms with Crippen LogP contribution >= 0.6 is 15.9 Å². The Labute approximate surface area is 146 Å². The van der Waals surface area contributed by atoms with Crippen LogP contribution in [0.15, 0.2) is 30.3 Å². The van der Waals surface area contributed by atoms with Crippen LogP contribution in [0.5, 0.6) is 0 Å². The molecule has 1 saturated heterocycles. The number of carbonyl (C=O) groups is 1. The maximum Gasteiger partial charge on any atom is 0.411 e. The summed E-state index contributed by atoms with van der Waals surface area (Å²) in [4.78, 5) is 14.4. The minimum atomic E-state index is -0.438. The smallest absolute Gasteiger partial charge is 0.411 e. The van der Waals surface area contributed by atoms with E-state index in [4.69, 9.17) is 4.74 Å². The normalized spacial score (nSPS) is 23.7. The second-order valence-corrected chi connectivity index (χ2v) is 7.97. The van der Waals surface area contributed by atoms with Gasteiger partial charge in [-0.25, -0.2) is 4.79 Å². The first-order valence-corrected chi connectivity index (χ1v) is 9.37. The second kappa shape index (κ2) is 6.31. The molecule has 1 amide bonds. The number of carbonyl (C=O) groups excluding carboxylic acids is 1. The SMILES string of the molecule is CC(C)(C)OC(=O)N1C2C=C(c3ccc(CBr)cc3)CC1CC2. The maximum atomic E-state index is 12.5. The molecule has 0 saturated carbocycles. The zero-order chi connectivity index (χ0) is 16.6. The molecule has 1 fully saturated rings. The Morgan fingerprint density at radius 1 is 1.26 bits per heavy atom. The molecule has 0 N–H and O–H groups in total. The summed E-state index contributed by atoms with van der Waals surface area (Å²) in [6, 6.07) is 9.14. The topological polar surface area (TPSA) is 29.5 Å². The molecule has 3 rings (SSSR count). The van der Waals surface area contributed by atoms with Crippen molar-refractivity contribution < 1.29 is 9.53 Å². The summed E-state index contributed by atoms with van der Waals surface area (Å²) in [5, 5.41) is 0.879. The molecule has 23 heavy (non-hydrogen) atoms. The first kappa shape index (κ1) is 16.6. The quantitative estimate of drug-likeness (QED) is 0.667. The number of rotatable bonds is 2. The van der Waals surface area contributed by atoms with Crippen LogP contribution in [0.4, 0.5) is 4.79 Å². The number of ether oxygens (including phenoxy) is 1. The highest BCUT2D eigenvalue weighted by atomic mass is 79.9. The van der Waals surface area contributed by atoms with Crippen molar-refractivity contribution in [1.82, 2.24) is 4.90 Å². The van der Waals surface area contributed by atoms with Gasteiger partial charge in [-0.15, -0.1) is 0 Å². The highest BCUT2D eigenvalue weighted by Gasteiger charge is 2.41. The zero-order valence-electron chi connectivity index (χ0n) is 14.0. The molecule has 2 heterocycles. The number of benzene rings is 1. The third-order valence-corrected chi connectivity index (χ3v) is 5.13. The first-order valence-electron chi connectivity index (χ1n) is 8.24. The van der Waals surface area contributed by atoms with Crippen molar-refractivity contribution in [2.24, 2.45) is 0 Å². The van der Waals surface area contributed by atoms with E-state index in [1.54, 1.807) is 0 Å². The third-order valence-electron chi connectivity index (χ3n) is 4.48. The van der Waals surface area contributed by atoms with Gasteiger partial charge in [-0.05, 0) is 56.7 Å². The van der Waals surface area contributed by atoms with Crippen molar-refractivity contribution in [2.45, 2.75) is 63.0 Å². The number of fused-ring (bicyclic) bond motifs is 2. The van der Waals surface area contributed by atoms with E-state index in [0.717, 1.165) is 24.6 Å². The summed E-state index contributed by atoms with van der Waals surface area (Å²) in [5.74, 6) is 0. The Morgan fingerprint density at radius 2 is 1.96 bits per heavy atom. The Morgan fingerprint density at radius 3 is 2.52 bits per heavy atom. The van der Waals surface area contributed by atoms with Crippen LogP contribution in [-0.2, 0) is 10.1 Å². The summed E-state index contributed by atoms with van der Waals surface area (Å²) >= 11 is 3.48. The molecule has 2 aliphatic heterocycles. The zero-order valence-corrected chi connectivity index (χ0v) is 15.6. The second-order valence-electron chi connectivity index (χ2n) is 7.41. The van der Waals surface area contributed by atoms with Gasteiger partial charge in [0.2, 0.25) is 0 Å². The Balaban J connectivity index is 1.78. The first-order chi connectivity index (χ1) is 10.9. The van der Waals surface area contributed by atoms with E-state index in [-0.39, 0.29) is 18.2 Å². The molecule has 4 heteroatoms. The van der Waals surface area contributed by atoms with Gasteiger partial charge in [0.15, 0.2) is 0 Å². The van der Waals surface area contributed by atoms with Crippen molar-refractivity contribution in [3.8, 4) is 0 Å². The van der Waals surface area contributed by atoms with Crippen molar-refractivity contribution in [3.63, 3.8) is 0 Å². The molecular formula is C19H24BrNO2. The third kappa shape index (κ3) is 3.63. The average molecular weight is 378 g/mol. The fourth-order valence-corrected chi connectivity index (χ4v) is 3.83. The number of hydrogen-bond acceptors (Lipinski definition) is 2. The summed E-state index contributed by atoms with van der Waals surface area (Å²) in [6.07, 6.45) is 5.10. The molecule has 2 aliphatic rings. The van der Waals surface area contributed by atoms with Gasteiger partial charge in [-0.2, -0.15) is 0 Å². The molecule has 0 radical (unpaired) electrons. The van der Waals surface area contributed by atoms with E-state index >= 15 is 0 Å². The van der Waals surface area contributed by atoms with Crippen molar-refractivity contribution in [3.05, 3.63) is 41.5 Å². The predicted octanol–water partition coefficient (Wildman–Crippen LogP) is 5.14. The molecule has 3 nitrogen and oxygen atoms in total. The summed E-state index contributed by atoms with van der Waals surface area (Å²) in [6.45, 7) is 5.76. The van der Waals surface area contributed by atoms with Crippen LogP contribution in [0.25, 0.3) is 5.57 Å². The summed E-state index contributed by atoms with van der Waals surface area (Å²) < 4.78 is 5.58. The van der Waals surface area contributed by atoms with Gasteiger partial charge in [0.05, 0.1) is 6.04 Å². The number of nitrogens with zero attached hydrogens (tertiary/aromatic N) is 1. The standard InChI is InChI=1S/C19H24BrNO2/c1-19(2,3)23-18(22)21-16-8-9-17(21)11-15(10-16)14-6-4-13(12-20)5-7-14/h4-7,10,16-17H,8-9,11-12H2,1-3H3. The molecule has 0 aliphatic carbocycles. The molecule has 1 aromatic rings. The lowest BCUT2D eigenvalue weighted by Crippen LogP contribution is -2.45. The minimum Gasteiger partial charge on any atom is -0.444 e. The van der Waals surface area contributed by atoms with E-state index in [1.807, 2.05) is 25.7 Å². The number of hydrogen-bond donors (Lipinski definition) is 0. The van der Waals surface area contributed by atoms with Gasteiger partial charge in [0, 0.05) is 11.4 Å². The number of amides is 1. The van der Waals surface area contributed by atoms with Gasteiger partial charge in [0.25, 0.3) is 0 Å². The van der Waals surface area contributed by atoms with Crippen LogP contribution in [0.2, 0.25) is 0 Å². The Kier molecular flexibility index (Phi) is 4.54. The summed E-state index contributed by atoms with van der Waals surface area (Å²) in [5.41, 5.74) is 3.48. The van der Waals surface area contributed by atoms with E-state index in [1.165, 1.54) is 16.7 Å². The average Bonchev–Trinajstić information content (AvgIpc) is 2.76. The molecular weight excluding hydrogens is 354 g/mol. The molecule has 0 spiro atoms. The lowest BCUT2D eigenvalue weighted by Gasteiger charge is -2.35. The highest BCUT2D eigenvalue weighted by molar-refractivity contribution is 9.08. The largest absolute Gasteiger partial charge is 0.444 e. The molecule has 2 bridgehead atoms. The molecule has 1 aromatic carbocycles. The minimum absolute atomic E-state index is 0.171. The van der Waals surface area contributed by atoms with Crippen LogP contribution in [-0.4, -0.2) is 28.7 Å². The Hall–Kier alpha value is -1.29. The van der Waals surface area contributed by atoms with Crippen LogP contribution < -0.4 is 0 Å². The lowest BCUT2D eigenvalue weighted by molar-refractivity contribution is 0.0175. The van der Waals surface area contributed by atoms with Gasteiger partial charge in [-0.3, -0.25) is 4.90 Å². The molecule has 2 unspecified atom stereocenters.